The van der Waals surface area contributed by atoms with Gasteiger partial charge in [-0.25, -0.2) is 9.97 Å². The van der Waals surface area contributed by atoms with Gasteiger partial charge >= 0.3 is 6.18 Å². The number of piperidine rings is 1. The van der Waals surface area contributed by atoms with Gasteiger partial charge in [0.05, 0.1) is 10.6 Å². The summed E-state index contributed by atoms with van der Waals surface area (Å²) in [5, 5.41) is 1.81. The van der Waals surface area contributed by atoms with Crippen LogP contribution in [0.4, 0.5) is 13.2 Å². The predicted molar refractivity (Wildman–Crippen MR) is 91.6 cm³/mol. The molecule has 0 bridgehead atoms. The van der Waals surface area contributed by atoms with Crippen LogP contribution in [-0.4, -0.2) is 33.9 Å². The highest BCUT2D eigenvalue weighted by molar-refractivity contribution is 7.13. The van der Waals surface area contributed by atoms with Crippen LogP contribution < -0.4 is 0 Å². The molecule has 26 heavy (non-hydrogen) atoms. The molecule has 1 atom stereocenters. The molecule has 0 aromatic carbocycles. The van der Waals surface area contributed by atoms with Crippen molar-refractivity contribution in [1.82, 2.24) is 14.9 Å². The van der Waals surface area contributed by atoms with Gasteiger partial charge in [0.25, 0.3) is 0 Å². The summed E-state index contributed by atoms with van der Waals surface area (Å²) in [7, 11) is 0. The molecule has 2 fully saturated rings. The van der Waals surface area contributed by atoms with Crippen molar-refractivity contribution in [2.24, 2.45) is 5.92 Å². The second-order valence-corrected chi connectivity index (χ2v) is 7.82. The summed E-state index contributed by atoms with van der Waals surface area (Å²) in [4.78, 5) is 23.0. The molecule has 3 heterocycles. The van der Waals surface area contributed by atoms with Crippen LogP contribution in [0.15, 0.2) is 23.6 Å². The lowest BCUT2D eigenvalue weighted by Gasteiger charge is -2.32. The van der Waals surface area contributed by atoms with E-state index in [1.165, 1.54) is 11.3 Å². The molecular formula is C18H18F3N3OS. The number of aromatic nitrogens is 2. The van der Waals surface area contributed by atoms with E-state index in [2.05, 4.69) is 9.97 Å². The summed E-state index contributed by atoms with van der Waals surface area (Å²) in [5.74, 6) is 0.169. The number of nitrogens with zero attached hydrogens (tertiary/aromatic N) is 3. The molecule has 2 aromatic heterocycles. The summed E-state index contributed by atoms with van der Waals surface area (Å²) < 4.78 is 40.0. The van der Waals surface area contributed by atoms with Gasteiger partial charge in [0.2, 0.25) is 5.91 Å². The zero-order chi connectivity index (χ0) is 18.3. The Morgan fingerprint density at radius 3 is 2.69 bits per heavy atom. The number of alkyl halides is 3. The average molecular weight is 381 g/mol. The van der Waals surface area contributed by atoms with E-state index in [0.717, 1.165) is 25.3 Å². The Bertz CT molecular complexity index is 803. The molecule has 1 saturated carbocycles. The Balaban J connectivity index is 1.66. The van der Waals surface area contributed by atoms with Crippen molar-refractivity contribution in [3.05, 3.63) is 35.1 Å². The fourth-order valence-corrected chi connectivity index (χ4v) is 4.01. The number of amides is 1. The maximum Gasteiger partial charge on any atom is 0.433 e. The van der Waals surface area contributed by atoms with Crippen LogP contribution in [0.1, 0.15) is 43.1 Å². The first kappa shape index (κ1) is 17.5. The Kier molecular flexibility index (Phi) is 4.46. The lowest BCUT2D eigenvalue weighted by molar-refractivity contribution is -0.141. The minimum absolute atomic E-state index is 0.109. The molecule has 0 unspecified atom stereocenters. The van der Waals surface area contributed by atoms with Crippen LogP contribution in [0.25, 0.3) is 10.6 Å². The van der Waals surface area contributed by atoms with Crippen molar-refractivity contribution in [1.29, 1.82) is 0 Å². The highest BCUT2D eigenvalue weighted by Crippen LogP contribution is 2.36. The quantitative estimate of drug-likeness (QED) is 0.795. The Labute approximate surface area is 153 Å². The van der Waals surface area contributed by atoms with E-state index >= 15 is 0 Å². The molecule has 0 N–H and O–H groups in total. The smallest absolute Gasteiger partial charge is 0.342 e. The summed E-state index contributed by atoms with van der Waals surface area (Å²) in [6.45, 7) is 1.07. The molecule has 0 radical (unpaired) electrons. The van der Waals surface area contributed by atoms with Gasteiger partial charge in [0.1, 0.15) is 11.5 Å². The van der Waals surface area contributed by atoms with Gasteiger partial charge in [-0.3, -0.25) is 4.79 Å². The predicted octanol–water partition coefficient (Wildman–Crippen LogP) is 4.34. The van der Waals surface area contributed by atoms with E-state index in [-0.39, 0.29) is 23.6 Å². The SMILES string of the molecule is O=C(C1CC1)N1CCC[C@H](c2nc(-c3cccs3)cc(C(F)(F)F)n2)C1. The summed E-state index contributed by atoms with van der Waals surface area (Å²) in [5.41, 5.74) is -0.625. The number of carbonyl (C=O) groups excluding carboxylic acids is 1. The zero-order valence-corrected chi connectivity index (χ0v) is 14.8. The molecule has 1 amide bonds. The zero-order valence-electron chi connectivity index (χ0n) is 14.0. The normalized spacial score (nSPS) is 21.0. The van der Waals surface area contributed by atoms with E-state index in [1.807, 2.05) is 0 Å². The monoisotopic (exact) mass is 381 g/mol. The second-order valence-electron chi connectivity index (χ2n) is 6.87. The first-order valence-corrected chi connectivity index (χ1v) is 9.58. The van der Waals surface area contributed by atoms with Gasteiger partial charge < -0.3 is 4.90 Å². The molecule has 0 spiro atoms. The summed E-state index contributed by atoms with van der Waals surface area (Å²) in [6, 6.07) is 4.54. The standard InChI is InChI=1S/C18H18F3N3OS/c19-18(20,21)15-9-13(14-4-2-8-26-14)22-16(23-15)12-3-1-7-24(10-12)17(25)11-5-6-11/h2,4,8-9,11-12H,1,3,5-7,10H2/t12-/m0/s1. The summed E-state index contributed by atoms with van der Waals surface area (Å²) in [6.07, 6.45) is -1.23. The fraction of sp³-hybridized carbons (Fsp3) is 0.500. The van der Waals surface area contributed by atoms with E-state index in [4.69, 9.17) is 0 Å². The van der Waals surface area contributed by atoms with Gasteiger partial charge in [-0.15, -0.1) is 11.3 Å². The van der Waals surface area contributed by atoms with Crippen LogP contribution in [-0.2, 0) is 11.0 Å². The number of hydrogen-bond acceptors (Lipinski definition) is 4. The maximum atomic E-state index is 13.3. The van der Waals surface area contributed by atoms with Crippen LogP contribution in [0.3, 0.4) is 0 Å². The van der Waals surface area contributed by atoms with Gasteiger partial charge in [-0.1, -0.05) is 6.07 Å². The van der Waals surface area contributed by atoms with Gasteiger partial charge in [-0.2, -0.15) is 13.2 Å². The minimum Gasteiger partial charge on any atom is -0.342 e. The number of likely N-dealkylation sites (tertiary alicyclic amines) is 1. The molecule has 4 rings (SSSR count). The Morgan fingerprint density at radius 2 is 2.04 bits per heavy atom. The van der Waals surface area contributed by atoms with E-state index in [9.17, 15) is 18.0 Å². The van der Waals surface area contributed by atoms with Gasteiger partial charge in [0.15, 0.2) is 0 Å². The third kappa shape index (κ3) is 3.60. The third-order valence-corrected chi connectivity index (χ3v) is 5.72. The lowest BCUT2D eigenvalue weighted by Crippen LogP contribution is -2.40. The van der Waals surface area contributed by atoms with Crippen LogP contribution in [0.2, 0.25) is 0 Å². The van der Waals surface area contributed by atoms with Gasteiger partial charge in [-0.05, 0) is 43.2 Å². The van der Waals surface area contributed by atoms with Crippen molar-refractivity contribution in [2.45, 2.75) is 37.8 Å². The first-order chi connectivity index (χ1) is 12.4. The Hall–Kier alpha value is -1.96. The number of rotatable bonds is 3. The number of hydrogen-bond donors (Lipinski definition) is 0. The average Bonchev–Trinajstić information content (AvgIpc) is 3.34. The number of carbonyl (C=O) groups is 1. The fourth-order valence-electron chi connectivity index (χ4n) is 3.32. The highest BCUT2D eigenvalue weighted by Gasteiger charge is 2.38. The molecule has 1 aliphatic carbocycles. The van der Waals surface area contributed by atoms with Crippen molar-refractivity contribution in [3.8, 4) is 10.6 Å². The molecule has 1 saturated heterocycles. The highest BCUT2D eigenvalue weighted by atomic mass is 32.1. The van der Waals surface area contributed by atoms with Gasteiger partial charge in [0, 0.05) is 24.9 Å². The van der Waals surface area contributed by atoms with Crippen molar-refractivity contribution >= 4 is 17.2 Å². The number of halogens is 3. The molecule has 4 nitrogen and oxygen atoms in total. The minimum atomic E-state index is -4.53. The topological polar surface area (TPSA) is 46.1 Å². The lowest BCUT2D eigenvalue weighted by atomic mass is 9.96. The van der Waals surface area contributed by atoms with Crippen molar-refractivity contribution in [2.75, 3.05) is 13.1 Å². The molecule has 1 aliphatic heterocycles. The molecular weight excluding hydrogens is 363 g/mol. The van der Waals surface area contributed by atoms with E-state index < -0.39 is 11.9 Å². The summed E-state index contributed by atoms with van der Waals surface area (Å²) >= 11 is 1.35. The third-order valence-electron chi connectivity index (χ3n) is 4.83. The van der Waals surface area contributed by atoms with Crippen LogP contribution in [0.5, 0.6) is 0 Å². The second kappa shape index (κ2) is 6.64. The van der Waals surface area contributed by atoms with Crippen molar-refractivity contribution < 1.29 is 18.0 Å². The first-order valence-electron chi connectivity index (χ1n) is 8.70. The molecule has 138 valence electrons. The van der Waals surface area contributed by atoms with E-state index in [0.29, 0.717) is 30.1 Å². The van der Waals surface area contributed by atoms with E-state index in [1.54, 1.807) is 22.4 Å². The van der Waals surface area contributed by atoms with Crippen LogP contribution >= 0.6 is 11.3 Å². The maximum absolute atomic E-state index is 13.3. The largest absolute Gasteiger partial charge is 0.433 e. The Morgan fingerprint density at radius 1 is 1.23 bits per heavy atom. The molecule has 2 aromatic rings. The molecule has 2 aliphatic rings. The number of thiophene rings is 1. The van der Waals surface area contributed by atoms with Crippen LogP contribution in [0, 0.1) is 5.92 Å². The van der Waals surface area contributed by atoms with Crippen molar-refractivity contribution in [3.63, 3.8) is 0 Å². The molecule has 8 heteroatoms.